The first kappa shape index (κ1) is 15.0. The average molecular weight is 309 g/mol. The van der Waals surface area contributed by atoms with Crippen molar-refractivity contribution in [2.75, 3.05) is 18.4 Å². The summed E-state index contributed by atoms with van der Waals surface area (Å²) in [6.07, 6.45) is 0.946. The van der Waals surface area contributed by atoms with Gasteiger partial charge in [0.2, 0.25) is 5.91 Å². The van der Waals surface area contributed by atoms with Crippen molar-refractivity contribution in [3.8, 4) is 0 Å². The van der Waals surface area contributed by atoms with Crippen molar-refractivity contribution in [2.24, 2.45) is 0 Å². The number of thiophene rings is 1. The lowest BCUT2D eigenvalue weighted by Gasteiger charge is -2.09. The summed E-state index contributed by atoms with van der Waals surface area (Å²) in [6, 6.07) is 9.60. The maximum Gasteiger partial charge on any atom is 0.238 e. The lowest BCUT2D eigenvalue weighted by molar-refractivity contribution is -0.115. The first-order chi connectivity index (χ1) is 9.65. The van der Waals surface area contributed by atoms with E-state index >= 15 is 0 Å². The third kappa shape index (κ3) is 4.63. The second-order valence-electron chi connectivity index (χ2n) is 4.51. The number of carbonyl (C=O) groups is 1. The van der Waals surface area contributed by atoms with Gasteiger partial charge in [-0.05, 0) is 42.5 Å². The van der Waals surface area contributed by atoms with Crippen LogP contribution in [-0.2, 0) is 11.2 Å². The highest BCUT2D eigenvalue weighted by Crippen LogP contribution is 2.19. The summed E-state index contributed by atoms with van der Waals surface area (Å²) in [5, 5.41) is 8.68. The normalized spacial score (nSPS) is 10.5. The number of hydrogen-bond donors (Lipinski definition) is 2. The predicted molar refractivity (Wildman–Crippen MR) is 85.7 cm³/mol. The Hall–Kier alpha value is -1.36. The van der Waals surface area contributed by atoms with Gasteiger partial charge in [-0.3, -0.25) is 4.79 Å². The zero-order chi connectivity index (χ0) is 14.4. The molecule has 0 aliphatic rings. The molecule has 2 N–H and O–H groups in total. The summed E-state index contributed by atoms with van der Waals surface area (Å²) in [5.74, 6) is -0.0541. The number of nitrogens with one attached hydrogen (secondary N) is 2. The van der Waals surface area contributed by atoms with Crippen LogP contribution in [0.4, 0.5) is 5.69 Å². The zero-order valence-electron chi connectivity index (χ0n) is 11.3. The Kier molecular flexibility index (Phi) is 5.59. The second kappa shape index (κ2) is 7.43. The number of halogens is 1. The molecule has 0 atom stereocenters. The molecule has 0 saturated carbocycles. The standard InChI is InChI=1S/C15H17ClN2OS/c1-11-4-5-12(16)9-14(11)18-15(19)10-17-7-6-13-3-2-8-20-13/h2-5,8-9,17H,6-7,10H2,1H3,(H,18,19). The van der Waals surface area contributed by atoms with Crippen LogP contribution in [0.2, 0.25) is 5.02 Å². The molecule has 0 aliphatic carbocycles. The van der Waals surface area contributed by atoms with Crippen molar-refractivity contribution in [1.29, 1.82) is 0 Å². The molecule has 1 heterocycles. The van der Waals surface area contributed by atoms with Gasteiger partial charge >= 0.3 is 0 Å². The maximum atomic E-state index is 11.8. The number of aryl methyl sites for hydroxylation is 1. The molecule has 2 aromatic rings. The summed E-state index contributed by atoms with van der Waals surface area (Å²) < 4.78 is 0. The molecule has 1 amide bonds. The lowest BCUT2D eigenvalue weighted by Crippen LogP contribution is -2.29. The van der Waals surface area contributed by atoms with Crippen molar-refractivity contribution in [3.05, 3.63) is 51.2 Å². The first-order valence-corrected chi connectivity index (χ1v) is 7.70. The molecule has 3 nitrogen and oxygen atoms in total. The van der Waals surface area contributed by atoms with Gasteiger partial charge < -0.3 is 10.6 Å². The van der Waals surface area contributed by atoms with E-state index in [0.717, 1.165) is 24.2 Å². The second-order valence-corrected chi connectivity index (χ2v) is 5.98. The van der Waals surface area contributed by atoms with Crippen LogP contribution in [0, 0.1) is 6.92 Å². The van der Waals surface area contributed by atoms with Gasteiger partial charge in [0, 0.05) is 22.1 Å². The monoisotopic (exact) mass is 308 g/mol. The van der Waals surface area contributed by atoms with Gasteiger partial charge in [0.05, 0.1) is 6.54 Å². The molecule has 1 aromatic carbocycles. The van der Waals surface area contributed by atoms with E-state index in [4.69, 9.17) is 11.6 Å². The third-order valence-corrected chi connectivity index (χ3v) is 4.06. The minimum Gasteiger partial charge on any atom is -0.325 e. The van der Waals surface area contributed by atoms with Crippen molar-refractivity contribution in [1.82, 2.24) is 5.32 Å². The fraction of sp³-hybridized carbons (Fsp3) is 0.267. The third-order valence-electron chi connectivity index (χ3n) is 2.89. The molecule has 0 unspecified atom stereocenters. The molecule has 5 heteroatoms. The maximum absolute atomic E-state index is 11.8. The fourth-order valence-corrected chi connectivity index (χ4v) is 2.67. The van der Waals surface area contributed by atoms with E-state index in [1.807, 2.05) is 25.1 Å². The molecular weight excluding hydrogens is 292 g/mol. The van der Waals surface area contributed by atoms with Gasteiger partial charge in [-0.15, -0.1) is 11.3 Å². The Morgan fingerprint density at radius 3 is 2.95 bits per heavy atom. The van der Waals surface area contributed by atoms with E-state index in [-0.39, 0.29) is 5.91 Å². The molecule has 0 radical (unpaired) electrons. The van der Waals surface area contributed by atoms with E-state index in [0.29, 0.717) is 11.6 Å². The van der Waals surface area contributed by atoms with E-state index in [1.54, 1.807) is 17.4 Å². The van der Waals surface area contributed by atoms with Crippen molar-refractivity contribution in [2.45, 2.75) is 13.3 Å². The van der Waals surface area contributed by atoms with Crippen LogP contribution < -0.4 is 10.6 Å². The van der Waals surface area contributed by atoms with E-state index < -0.39 is 0 Å². The van der Waals surface area contributed by atoms with Crippen LogP contribution in [0.1, 0.15) is 10.4 Å². The molecule has 0 bridgehead atoms. The highest BCUT2D eigenvalue weighted by molar-refractivity contribution is 7.09. The van der Waals surface area contributed by atoms with Crippen LogP contribution in [0.3, 0.4) is 0 Å². The molecule has 2 rings (SSSR count). The number of carbonyl (C=O) groups excluding carboxylic acids is 1. The summed E-state index contributed by atoms with van der Waals surface area (Å²) in [7, 11) is 0. The highest BCUT2D eigenvalue weighted by atomic mass is 35.5. The summed E-state index contributed by atoms with van der Waals surface area (Å²) in [6.45, 7) is 3.04. The number of hydrogen-bond acceptors (Lipinski definition) is 3. The molecule has 20 heavy (non-hydrogen) atoms. The lowest BCUT2D eigenvalue weighted by atomic mass is 10.2. The van der Waals surface area contributed by atoms with Crippen LogP contribution >= 0.6 is 22.9 Å². The molecule has 106 valence electrons. The van der Waals surface area contributed by atoms with Gasteiger partial charge in [0.25, 0.3) is 0 Å². The van der Waals surface area contributed by atoms with Crippen molar-refractivity contribution < 1.29 is 4.79 Å². The summed E-state index contributed by atoms with van der Waals surface area (Å²) in [4.78, 5) is 13.1. The van der Waals surface area contributed by atoms with Gasteiger partial charge in [-0.1, -0.05) is 23.7 Å². The predicted octanol–water partition coefficient (Wildman–Crippen LogP) is 3.48. The Labute approximate surface area is 128 Å². The Balaban J connectivity index is 1.73. The number of anilines is 1. The Bertz CT molecular complexity index is 569. The highest BCUT2D eigenvalue weighted by Gasteiger charge is 2.05. The number of amides is 1. The Morgan fingerprint density at radius 1 is 1.35 bits per heavy atom. The van der Waals surface area contributed by atoms with Crippen LogP contribution in [0.15, 0.2) is 35.7 Å². The molecule has 0 spiro atoms. The molecule has 0 saturated heterocycles. The fourth-order valence-electron chi connectivity index (χ4n) is 1.79. The quantitative estimate of drug-likeness (QED) is 0.802. The van der Waals surface area contributed by atoms with E-state index in [1.165, 1.54) is 4.88 Å². The van der Waals surface area contributed by atoms with Crippen LogP contribution in [0.25, 0.3) is 0 Å². The van der Waals surface area contributed by atoms with Gasteiger partial charge in [0.1, 0.15) is 0 Å². The molecule has 0 fully saturated rings. The topological polar surface area (TPSA) is 41.1 Å². The first-order valence-electron chi connectivity index (χ1n) is 6.44. The number of benzene rings is 1. The van der Waals surface area contributed by atoms with Crippen molar-refractivity contribution in [3.63, 3.8) is 0 Å². The summed E-state index contributed by atoms with van der Waals surface area (Å²) >= 11 is 7.65. The van der Waals surface area contributed by atoms with E-state index in [2.05, 4.69) is 22.1 Å². The molecule has 0 aliphatic heterocycles. The smallest absolute Gasteiger partial charge is 0.238 e. The van der Waals surface area contributed by atoms with Gasteiger partial charge in [0.15, 0.2) is 0 Å². The minimum absolute atomic E-state index is 0.0541. The molecule has 1 aromatic heterocycles. The van der Waals surface area contributed by atoms with Gasteiger partial charge in [-0.25, -0.2) is 0 Å². The van der Waals surface area contributed by atoms with E-state index in [9.17, 15) is 4.79 Å². The summed E-state index contributed by atoms with van der Waals surface area (Å²) in [5.41, 5.74) is 1.77. The molecular formula is C15H17ClN2OS. The van der Waals surface area contributed by atoms with Crippen molar-refractivity contribution >= 4 is 34.5 Å². The minimum atomic E-state index is -0.0541. The zero-order valence-corrected chi connectivity index (χ0v) is 12.9. The average Bonchev–Trinajstić information content (AvgIpc) is 2.92. The van der Waals surface area contributed by atoms with Crippen LogP contribution in [0.5, 0.6) is 0 Å². The van der Waals surface area contributed by atoms with Gasteiger partial charge in [-0.2, -0.15) is 0 Å². The Morgan fingerprint density at radius 2 is 2.20 bits per heavy atom. The largest absolute Gasteiger partial charge is 0.325 e. The number of rotatable bonds is 6. The van der Waals surface area contributed by atoms with Crippen LogP contribution in [-0.4, -0.2) is 19.0 Å². The SMILES string of the molecule is Cc1ccc(Cl)cc1NC(=O)CNCCc1cccs1.